The van der Waals surface area contributed by atoms with E-state index in [-0.39, 0.29) is 6.42 Å². The number of allylic oxidation sites excluding steroid dienone is 5. The van der Waals surface area contributed by atoms with Crippen molar-refractivity contribution in [3.05, 3.63) is 36.5 Å². The average molecular weight is 764 g/mol. The lowest BCUT2D eigenvalue weighted by Gasteiger charge is -2.41. The summed E-state index contributed by atoms with van der Waals surface area (Å²) >= 11 is 0. The number of unbranched alkanes of at least 4 members (excludes halogenated alkanes) is 13. The molecule has 9 N–H and O–H groups in total. The molecule has 0 aromatic rings. The van der Waals surface area contributed by atoms with E-state index in [0.717, 1.165) is 44.9 Å². The molecule has 0 aromatic heterocycles. The Labute approximate surface area is 311 Å². The van der Waals surface area contributed by atoms with Gasteiger partial charge < -0.3 is 46.0 Å². The van der Waals surface area contributed by atoms with Gasteiger partial charge in [-0.3, -0.25) is 13.8 Å². The van der Waals surface area contributed by atoms with Crippen molar-refractivity contribution in [2.45, 2.75) is 191 Å². The van der Waals surface area contributed by atoms with Crippen LogP contribution in [0.2, 0.25) is 0 Å². The normalized spacial score (nSPS) is 25.5. The van der Waals surface area contributed by atoms with Crippen LogP contribution in [0.15, 0.2) is 36.5 Å². The van der Waals surface area contributed by atoms with Crippen molar-refractivity contribution in [1.82, 2.24) is 5.32 Å². The van der Waals surface area contributed by atoms with Crippen LogP contribution in [0.4, 0.5) is 0 Å². The zero-order valence-electron chi connectivity index (χ0n) is 31.5. The fraction of sp³-hybridized carbons (Fsp3) is 0.816. The van der Waals surface area contributed by atoms with Crippen LogP contribution in [0, 0.1) is 0 Å². The molecule has 0 aromatic carbocycles. The van der Waals surface area contributed by atoms with Crippen LogP contribution in [0.5, 0.6) is 0 Å². The fourth-order valence-corrected chi connectivity index (χ4v) is 6.87. The smallest absolute Gasteiger partial charge is 0.393 e. The van der Waals surface area contributed by atoms with E-state index in [9.17, 15) is 50.0 Å². The number of aliphatic hydroxyl groups is 7. The van der Waals surface area contributed by atoms with Crippen molar-refractivity contribution in [2.24, 2.45) is 0 Å². The molecule has 0 spiro atoms. The van der Waals surface area contributed by atoms with Crippen molar-refractivity contribution in [1.29, 1.82) is 0 Å². The standard InChI is InChI=1S/C38H70NO12P/c1-3-5-7-9-11-13-15-16-18-20-22-24-26-31(41)30(28-50-52(48,49)51-38-36(46)34(44)33(43)35(45)37(38)47)39-32(42)27-29(40)25-23-21-19-17-14-12-10-8-6-4-2/h9,11,16,18,24,26,29-31,33-38,40-41,43-47H,3-8,10,12-15,17,19-23,25,27-28H2,1-2H3,(H,39,42)(H,48,49)/b11-9+,18-16+,26-24+. The van der Waals surface area contributed by atoms with Crippen LogP contribution in [-0.4, -0.2) is 108 Å². The Morgan fingerprint density at radius 2 is 1.13 bits per heavy atom. The Morgan fingerprint density at radius 3 is 1.67 bits per heavy atom. The number of phosphoric acid groups is 1. The topological polar surface area (TPSA) is 226 Å². The first-order valence-corrected chi connectivity index (χ1v) is 21.0. The van der Waals surface area contributed by atoms with Gasteiger partial charge in [-0.2, -0.15) is 0 Å². The number of phosphoric ester groups is 1. The number of amides is 1. The van der Waals surface area contributed by atoms with Gasteiger partial charge in [0.15, 0.2) is 0 Å². The summed E-state index contributed by atoms with van der Waals surface area (Å²) in [7, 11) is -5.14. The van der Waals surface area contributed by atoms with Gasteiger partial charge in [-0.05, 0) is 38.5 Å². The molecular weight excluding hydrogens is 693 g/mol. The van der Waals surface area contributed by atoms with E-state index in [4.69, 9.17) is 9.05 Å². The minimum absolute atomic E-state index is 0.255. The molecule has 1 aliphatic rings. The molecule has 0 aliphatic heterocycles. The van der Waals surface area contributed by atoms with Crippen molar-refractivity contribution in [3.8, 4) is 0 Å². The maximum absolute atomic E-state index is 12.9. The number of hydrogen-bond donors (Lipinski definition) is 9. The van der Waals surface area contributed by atoms with E-state index < -0.39 is 75.2 Å². The Kier molecular flexibility index (Phi) is 27.0. The summed E-state index contributed by atoms with van der Waals surface area (Å²) in [5, 5.41) is 73.9. The van der Waals surface area contributed by atoms with Crippen LogP contribution in [-0.2, 0) is 18.4 Å². The predicted octanol–water partition coefficient (Wildman–Crippen LogP) is 4.63. The van der Waals surface area contributed by atoms with E-state index in [0.29, 0.717) is 19.3 Å². The largest absolute Gasteiger partial charge is 0.472 e. The molecule has 13 nitrogen and oxygen atoms in total. The van der Waals surface area contributed by atoms with Gasteiger partial charge in [-0.1, -0.05) is 127 Å². The van der Waals surface area contributed by atoms with Crippen LogP contribution < -0.4 is 5.32 Å². The number of rotatable bonds is 30. The van der Waals surface area contributed by atoms with Gasteiger partial charge in [0.2, 0.25) is 5.91 Å². The fourth-order valence-electron chi connectivity index (χ4n) is 5.90. The molecule has 14 heteroatoms. The number of nitrogens with one attached hydrogen (secondary N) is 1. The average Bonchev–Trinajstić information content (AvgIpc) is 3.11. The van der Waals surface area contributed by atoms with E-state index in [1.807, 2.05) is 6.08 Å². The zero-order chi connectivity index (χ0) is 38.8. The lowest BCUT2D eigenvalue weighted by atomic mass is 9.85. The van der Waals surface area contributed by atoms with Gasteiger partial charge in [0.25, 0.3) is 0 Å². The molecule has 0 heterocycles. The van der Waals surface area contributed by atoms with E-state index in [1.165, 1.54) is 57.4 Å². The van der Waals surface area contributed by atoms with Crippen LogP contribution >= 0.6 is 7.82 Å². The van der Waals surface area contributed by atoms with Gasteiger partial charge in [0.1, 0.15) is 36.6 Å². The Balaban J connectivity index is 2.71. The number of aliphatic hydroxyl groups excluding tert-OH is 7. The van der Waals surface area contributed by atoms with Crippen molar-refractivity contribution < 1.29 is 59.0 Å². The summed E-state index contributed by atoms with van der Waals surface area (Å²) in [5.41, 5.74) is 0. The van der Waals surface area contributed by atoms with Crippen LogP contribution in [0.3, 0.4) is 0 Å². The van der Waals surface area contributed by atoms with E-state index >= 15 is 0 Å². The molecule has 0 saturated heterocycles. The highest BCUT2D eigenvalue weighted by atomic mass is 31.2. The highest BCUT2D eigenvalue weighted by molar-refractivity contribution is 7.47. The van der Waals surface area contributed by atoms with Gasteiger partial charge in [0.05, 0.1) is 31.3 Å². The van der Waals surface area contributed by atoms with Gasteiger partial charge in [0, 0.05) is 0 Å². The molecule has 304 valence electrons. The summed E-state index contributed by atoms with van der Waals surface area (Å²) in [4.78, 5) is 23.2. The lowest BCUT2D eigenvalue weighted by Crippen LogP contribution is -2.64. The van der Waals surface area contributed by atoms with Crippen molar-refractivity contribution in [2.75, 3.05) is 6.61 Å². The molecule has 52 heavy (non-hydrogen) atoms. The molecule has 1 rings (SSSR count). The van der Waals surface area contributed by atoms with E-state index in [1.54, 1.807) is 6.08 Å². The molecule has 8 atom stereocenters. The van der Waals surface area contributed by atoms with Crippen LogP contribution in [0.1, 0.15) is 136 Å². The van der Waals surface area contributed by atoms with Gasteiger partial charge >= 0.3 is 7.82 Å². The summed E-state index contributed by atoms with van der Waals surface area (Å²) in [6.07, 6.45) is 15.5. The maximum Gasteiger partial charge on any atom is 0.472 e. The first-order chi connectivity index (χ1) is 24.8. The highest BCUT2D eigenvalue weighted by Gasteiger charge is 2.51. The van der Waals surface area contributed by atoms with E-state index in [2.05, 4.69) is 37.4 Å². The Hall–Kier alpha value is -1.48. The molecule has 0 radical (unpaired) electrons. The summed E-state index contributed by atoms with van der Waals surface area (Å²) in [5.74, 6) is -0.612. The lowest BCUT2D eigenvalue weighted by molar-refractivity contribution is -0.220. The SMILES string of the molecule is CCCC/C=C/CC/C=C/CC/C=C/C(O)C(COP(=O)(O)OC1C(O)C(O)C(O)C(O)C1O)NC(=O)CC(O)CCCCCCCCCCCC. The molecule has 1 saturated carbocycles. The monoisotopic (exact) mass is 763 g/mol. The Bertz CT molecular complexity index is 1040. The molecular formula is C38H70NO12P. The first kappa shape index (κ1) is 48.5. The third-order valence-corrected chi connectivity index (χ3v) is 10.2. The number of hydrogen-bond acceptors (Lipinski definition) is 11. The zero-order valence-corrected chi connectivity index (χ0v) is 32.4. The summed E-state index contributed by atoms with van der Waals surface area (Å²) in [6.45, 7) is 3.61. The second-order valence-corrected chi connectivity index (χ2v) is 15.4. The second kappa shape index (κ2) is 28.9. The third-order valence-electron chi connectivity index (χ3n) is 9.21. The minimum atomic E-state index is -5.14. The molecule has 1 amide bonds. The highest BCUT2D eigenvalue weighted by Crippen LogP contribution is 2.47. The number of carbonyl (C=O) groups is 1. The molecule has 1 aliphatic carbocycles. The second-order valence-electron chi connectivity index (χ2n) is 13.9. The predicted molar refractivity (Wildman–Crippen MR) is 201 cm³/mol. The van der Waals surface area contributed by atoms with Crippen LogP contribution in [0.25, 0.3) is 0 Å². The quantitative estimate of drug-likeness (QED) is 0.0277. The third kappa shape index (κ3) is 21.4. The minimum Gasteiger partial charge on any atom is -0.393 e. The first-order valence-electron chi connectivity index (χ1n) is 19.5. The maximum atomic E-state index is 12.9. The van der Waals surface area contributed by atoms with Gasteiger partial charge in [-0.15, -0.1) is 0 Å². The Morgan fingerprint density at radius 1 is 0.673 bits per heavy atom. The molecule has 8 unspecified atom stereocenters. The summed E-state index contributed by atoms with van der Waals surface area (Å²) < 4.78 is 22.7. The molecule has 1 fully saturated rings. The number of carbonyl (C=O) groups excluding carboxylic acids is 1. The molecule has 0 bridgehead atoms. The van der Waals surface area contributed by atoms with Crippen molar-refractivity contribution >= 4 is 13.7 Å². The van der Waals surface area contributed by atoms with Gasteiger partial charge in [-0.25, -0.2) is 4.57 Å². The van der Waals surface area contributed by atoms with Crippen molar-refractivity contribution in [3.63, 3.8) is 0 Å². The summed E-state index contributed by atoms with van der Waals surface area (Å²) in [6, 6.07) is -1.26.